The van der Waals surface area contributed by atoms with E-state index in [-0.39, 0.29) is 5.82 Å². The van der Waals surface area contributed by atoms with E-state index in [2.05, 4.69) is 26.2 Å². The summed E-state index contributed by atoms with van der Waals surface area (Å²) in [5.41, 5.74) is -1.29. The zero-order valence-electron chi connectivity index (χ0n) is 10.6. The number of nitrogens with zero attached hydrogens (tertiary/aromatic N) is 1. The van der Waals surface area contributed by atoms with E-state index < -0.39 is 17.3 Å². The first-order chi connectivity index (χ1) is 8.72. The van der Waals surface area contributed by atoms with Crippen molar-refractivity contribution in [2.24, 2.45) is 0 Å². The predicted molar refractivity (Wildman–Crippen MR) is 74.6 cm³/mol. The molecule has 0 amide bonds. The average molecular weight is 360 g/mol. The van der Waals surface area contributed by atoms with Crippen LogP contribution in [0.1, 0.15) is 32.3 Å². The van der Waals surface area contributed by atoms with Crippen LogP contribution in [-0.4, -0.2) is 16.4 Å². The van der Waals surface area contributed by atoms with Crippen molar-refractivity contribution in [3.8, 4) is 0 Å². The molecular weight excluding hydrogens is 344 g/mol. The van der Waals surface area contributed by atoms with Gasteiger partial charge in [0.1, 0.15) is 5.82 Å². The second-order valence-corrected chi connectivity index (χ2v) is 5.82. The first kappa shape index (κ1) is 16.6. The molecule has 19 heavy (non-hydrogen) atoms. The molecule has 1 aromatic rings. The van der Waals surface area contributed by atoms with Crippen LogP contribution < -0.4 is 5.32 Å². The number of aromatic nitrogens is 1. The number of halogens is 5. The summed E-state index contributed by atoms with van der Waals surface area (Å²) < 4.78 is 39.2. The highest BCUT2D eigenvalue weighted by Gasteiger charge is 2.36. The molecule has 0 fully saturated rings. The molecule has 7 heteroatoms. The lowest BCUT2D eigenvalue weighted by atomic mass is 9.95. The fourth-order valence-electron chi connectivity index (χ4n) is 1.58. The minimum Gasteiger partial charge on any atom is -0.364 e. The monoisotopic (exact) mass is 358 g/mol. The van der Waals surface area contributed by atoms with E-state index in [0.29, 0.717) is 23.2 Å². The van der Waals surface area contributed by atoms with Gasteiger partial charge in [-0.3, -0.25) is 0 Å². The molecule has 0 aromatic carbocycles. The third kappa shape index (κ3) is 4.53. The van der Waals surface area contributed by atoms with Crippen LogP contribution >= 0.6 is 27.5 Å². The third-order valence-corrected chi connectivity index (χ3v) is 3.63. The Balaban J connectivity index is 3.13. The Morgan fingerprint density at radius 2 is 2.05 bits per heavy atom. The summed E-state index contributed by atoms with van der Waals surface area (Å²) in [6.07, 6.45) is -1.90. The molecule has 0 aliphatic rings. The minimum absolute atomic E-state index is 0.162. The fourth-order valence-corrected chi connectivity index (χ4v) is 2.33. The predicted octanol–water partition coefficient (Wildman–Crippen LogP) is 5.07. The molecule has 1 rings (SSSR count). The van der Waals surface area contributed by atoms with Gasteiger partial charge in [-0.05, 0) is 41.8 Å². The van der Waals surface area contributed by atoms with Gasteiger partial charge in [0.2, 0.25) is 0 Å². The number of hydrogen-bond donors (Lipinski definition) is 1. The molecule has 0 aliphatic heterocycles. The molecule has 1 aromatic heterocycles. The van der Waals surface area contributed by atoms with Crippen LogP contribution in [0.25, 0.3) is 0 Å². The summed E-state index contributed by atoms with van der Waals surface area (Å²) >= 11 is 8.70. The second kappa shape index (κ2) is 6.31. The SMILES string of the molecule is CCC(C)(CCCl)Nc1ncc(Br)cc1C(F)(F)F. The van der Waals surface area contributed by atoms with E-state index in [1.807, 2.05) is 13.8 Å². The van der Waals surface area contributed by atoms with Gasteiger partial charge in [0.15, 0.2) is 0 Å². The van der Waals surface area contributed by atoms with E-state index in [0.717, 1.165) is 6.07 Å². The van der Waals surface area contributed by atoms with E-state index in [4.69, 9.17) is 11.6 Å². The Morgan fingerprint density at radius 3 is 2.53 bits per heavy atom. The first-order valence-corrected chi connectivity index (χ1v) is 7.11. The molecule has 1 unspecified atom stereocenters. The molecule has 0 saturated carbocycles. The van der Waals surface area contributed by atoms with Crippen LogP contribution in [0, 0.1) is 0 Å². The lowest BCUT2D eigenvalue weighted by Crippen LogP contribution is -2.35. The number of anilines is 1. The van der Waals surface area contributed by atoms with Crippen LogP contribution in [-0.2, 0) is 6.18 Å². The van der Waals surface area contributed by atoms with Gasteiger partial charge in [0.05, 0.1) is 5.56 Å². The van der Waals surface area contributed by atoms with Crippen molar-refractivity contribution in [3.05, 3.63) is 22.3 Å². The average Bonchev–Trinajstić information content (AvgIpc) is 2.30. The van der Waals surface area contributed by atoms with Gasteiger partial charge in [-0.2, -0.15) is 13.2 Å². The lowest BCUT2D eigenvalue weighted by molar-refractivity contribution is -0.137. The molecule has 0 aliphatic carbocycles. The number of nitrogens with one attached hydrogen (secondary N) is 1. The Labute approximate surface area is 123 Å². The smallest absolute Gasteiger partial charge is 0.364 e. The number of hydrogen-bond acceptors (Lipinski definition) is 2. The van der Waals surface area contributed by atoms with Gasteiger partial charge in [-0.1, -0.05) is 6.92 Å². The molecule has 0 bridgehead atoms. The highest BCUT2D eigenvalue weighted by molar-refractivity contribution is 9.10. The van der Waals surface area contributed by atoms with Gasteiger partial charge in [-0.25, -0.2) is 4.98 Å². The Kier molecular flexibility index (Phi) is 5.50. The van der Waals surface area contributed by atoms with E-state index >= 15 is 0 Å². The lowest BCUT2D eigenvalue weighted by Gasteiger charge is -2.30. The highest BCUT2D eigenvalue weighted by atomic mass is 79.9. The number of pyridine rings is 1. The van der Waals surface area contributed by atoms with Crippen molar-refractivity contribution in [3.63, 3.8) is 0 Å². The van der Waals surface area contributed by atoms with Crippen molar-refractivity contribution in [1.82, 2.24) is 4.98 Å². The molecule has 0 radical (unpaired) electrons. The van der Waals surface area contributed by atoms with Gasteiger partial charge >= 0.3 is 6.18 Å². The number of alkyl halides is 4. The summed E-state index contributed by atoms with van der Waals surface area (Å²) in [4.78, 5) is 3.84. The fraction of sp³-hybridized carbons (Fsp3) is 0.583. The summed E-state index contributed by atoms with van der Waals surface area (Å²) in [5, 5.41) is 2.87. The molecular formula is C12H15BrClF3N2. The molecule has 0 saturated heterocycles. The van der Waals surface area contributed by atoms with E-state index in [1.54, 1.807) is 0 Å². The van der Waals surface area contributed by atoms with Crippen LogP contribution in [0.15, 0.2) is 16.7 Å². The standard InChI is InChI=1S/C12H15BrClF3N2/c1-3-11(2,4-5-14)19-10-9(12(15,16)17)6-8(13)7-18-10/h6-7H,3-5H2,1-2H3,(H,18,19). The van der Waals surface area contributed by atoms with Crippen molar-refractivity contribution < 1.29 is 13.2 Å². The van der Waals surface area contributed by atoms with Crippen molar-refractivity contribution >= 4 is 33.3 Å². The Bertz CT molecular complexity index is 439. The van der Waals surface area contributed by atoms with Crippen LogP contribution in [0.4, 0.5) is 19.0 Å². The largest absolute Gasteiger partial charge is 0.419 e. The highest BCUT2D eigenvalue weighted by Crippen LogP contribution is 2.36. The van der Waals surface area contributed by atoms with Crippen LogP contribution in [0.2, 0.25) is 0 Å². The maximum absolute atomic E-state index is 13.0. The summed E-state index contributed by atoms with van der Waals surface area (Å²) in [7, 11) is 0. The maximum Gasteiger partial charge on any atom is 0.419 e. The molecule has 108 valence electrons. The molecule has 1 atom stereocenters. The maximum atomic E-state index is 13.0. The van der Waals surface area contributed by atoms with Gasteiger partial charge in [0.25, 0.3) is 0 Å². The zero-order valence-corrected chi connectivity index (χ0v) is 13.0. The topological polar surface area (TPSA) is 24.9 Å². The second-order valence-electron chi connectivity index (χ2n) is 4.53. The zero-order chi connectivity index (χ0) is 14.7. The minimum atomic E-state index is -4.45. The van der Waals surface area contributed by atoms with Gasteiger partial charge in [-0.15, -0.1) is 11.6 Å². The van der Waals surface area contributed by atoms with Crippen molar-refractivity contribution in [2.75, 3.05) is 11.2 Å². The van der Waals surface area contributed by atoms with E-state index in [1.165, 1.54) is 6.20 Å². The number of rotatable bonds is 5. The molecule has 1 heterocycles. The summed E-state index contributed by atoms with van der Waals surface area (Å²) in [6, 6.07) is 1.02. The quantitative estimate of drug-likeness (QED) is 0.742. The Hall–Kier alpha value is -0.490. The summed E-state index contributed by atoms with van der Waals surface area (Å²) in [6.45, 7) is 3.73. The Morgan fingerprint density at radius 1 is 1.42 bits per heavy atom. The summed E-state index contributed by atoms with van der Waals surface area (Å²) in [5.74, 6) is 0.208. The van der Waals surface area contributed by atoms with E-state index in [9.17, 15) is 13.2 Å². The first-order valence-electron chi connectivity index (χ1n) is 5.79. The molecule has 2 nitrogen and oxygen atoms in total. The molecule has 0 spiro atoms. The van der Waals surface area contributed by atoms with Crippen molar-refractivity contribution in [2.45, 2.75) is 38.4 Å². The van der Waals surface area contributed by atoms with Crippen molar-refractivity contribution in [1.29, 1.82) is 0 Å². The molecule has 1 N–H and O–H groups in total. The third-order valence-electron chi connectivity index (χ3n) is 3.01. The normalized spacial score (nSPS) is 15.1. The van der Waals surface area contributed by atoms with Gasteiger partial charge in [0, 0.05) is 22.1 Å². The van der Waals surface area contributed by atoms with Gasteiger partial charge < -0.3 is 5.32 Å². The van der Waals surface area contributed by atoms with Crippen LogP contribution in [0.5, 0.6) is 0 Å². The van der Waals surface area contributed by atoms with Crippen LogP contribution in [0.3, 0.4) is 0 Å².